The summed E-state index contributed by atoms with van der Waals surface area (Å²) in [5.74, 6) is -0.566. The fraction of sp³-hybridized carbons (Fsp3) is 0.538. The molecule has 2 atom stereocenters. The van der Waals surface area contributed by atoms with E-state index in [0.717, 1.165) is 19.2 Å². The summed E-state index contributed by atoms with van der Waals surface area (Å²) in [7, 11) is 2.06. The summed E-state index contributed by atoms with van der Waals surface area (Å²) in [5.41, 5.74) is 0.382. The maximum absolute atomic E-state index is 13.5. The van der Waals surface area contributed by atoms with Crippen LogP contribution in [0.2, 0.25) is 0 Å². The van der Waals surface area contributed by atoms with Gasteiger partial charge in [-0.15, -0.1) is 0 Å². The molecule has 2 rings (SSSR count). The first kappa shape index (κ1) is 13.7. The predicted octanol–water partition coefficient (Wildman–Crippen LogP) is 2.26. The Morgan fingerprint density at radius 1 is 1.26 bits per heavy atom. The molecule has 2 unspecified atom stereocenters. The molecule has 19 heavy (non-hydrogen) atoms. The second-order valence-electron chi connectivity index (χ2n) is 5.19. The standard InChI is InChI=1S/C13H18FN3O2/c1-9-7-16(8-10(2)15(9)3)12-4-11(14)5-13(6-12)17(18)19/h4-6,9-10H,7-8H2,1-3H3. The first-order chi connectivity index (χ1) is 8.88. The lowest BCUT2D eigenvalue weighted by Gasteiger charge is -2.43. The molecule has 6 heteroatoms. The molecule has 0 saturated carbocycles. The van der Waals surface area contributed by atoms with Gasteiger partial charge >= 0.3 is 0 Å². The first-order valence-corrected chi connectivity index (χ1v) is 6.30. The largest absolute Gasteiger partial charge is 0.368 e. The average Bonchev–Trinajstić information content (AvgIpc) is 2.34. The van der Waals surface area contributed by atoms with Gasteiger partial charge in [-0.25, -0.2) is 4.39 Å². The SMILES string of the molecule is CC1CN(c2cc(F)cc([N+](=O)[O-])c2)CC(C)N1C. The van der Waals surface area contributed by atoms with Crippen LogP contribution in [0.15, 0.2) is 18.2 Å². The van der Waals surface area contributed by atoms with Crippen LogP contribution in [-0.2, 0) is 0 Å². The summed E-state index contributed by atoms with van der Waals surface area (Å²) in [5, 5.41) is 10.8. The van der Waals surface area contributed by atoms with Crippen molar-refractivity contribution >= 4 is 11.4 Å². The molecule has 0 spiro atoms. The predicted molar refractivity (Wildman–Crippen MR) is 72.0 cm³/mol. The third-order valence-electron chi connectivity index (χ3n) is 3.80. The topological polar surface area (TPSA) is 49.6 Å². The van der Waals surface area contributed by atoms with Crippen molar-refractivity contribution in [3.8, 4) is 0 Å². The van der Waals surface area contributed by atoms with Crippen LogP contribution in [0.3, 0.4) is 0 Å². The Hall–Kier alpha value is -1.69. The average molecular weight is 267 g/mol. The molecule has 5 nitrogen and oxygen atoms in total. The van der Waals surface area contributed by atoms with Crippen LogP contribution in [-0.4, -0.2) is 42.0 Å². The Labute approximate surface area is 111 Å². The van der Waals surface area contributed by atoms with Crippen LogP contribution in [0.1, 0.15) is 13.8 Å². The zero-order valence-corrected chi connectivity index (χ0v) is 11.3. The maximum atomic E-state index is 13.5. The van der Waals surface area contributed by atoms with E-state index in [1.54, 1.807) is 0 Å². The third-order valence-corrected chi connectivity index (χ3v) is 3.80. The number of hydrogen-bond donors (Lipinski definition) is 0. The van der Waals surface area contributed by atoms with Gasteiger partial charge in [0.25, 0.3) is 5.69 Å². The van der Waals surface area contributed by atoms with E-state index in [4.69, 9.17) is 0 Å². The van der Waals surface area contributed by atoms with Crippen LogP contribution in [0, 0.1) is 15.9 Å². The summed E-state index contributed by atoms with van der Waals surface area (Å²) < 4.78 is 13.5. The molecule has 0 bridgehead atoms. The van der Waals surface area contributed by atoms with Crippen molar-refractivity contribution in [2.24, 2.45) is 0 Å². The number of nitrogens with zero attached hydrogens (tertiary/aromatic N) is 3. The highest BCUT2D eigenvalue weighted by atomic mass is 19.1. The number of halogens is 1. The van der Waals surface area contributed by atoms with E-state index in [2.05, 4.69) is 25.8 Å². The quantitative estimate of drug-likeness (QED) is 0.609. The fourth-order valence-corrected chi connectivity index (χ4v) is 2.46. The number of hydrogen-bond acceptors (Lipinski definition) is 4. The van der Waals surface area contributed by atoms with E-state index in [9.17, 15) is 14.5 Å². The molecular formula is C13H18FN3O2. The van der Waals surface area contributed by atoms with E-state index in [0.29, 0.717) is 17.8 Å². The number of benzene rings is 1. The van der Waals surface area contributed by atoms with E-state index in [1.165, 1.54) is 12.1 Å². The third kappa shape index (κ3) is 2.84. The number of piperazine rings is 1. The summed E-state index contributed by atoms with van der Waals surface area (Å²) in [4.78, 5) is 14.5. The molecule has 1 aliphatic heterocycles. The molecular weight excluding hydrogens is 249 g/mol. The molecule has 0 N–H and O–H groups in total. The smallest absolute Gasteiger partial charge is 0.274 e. The highest BCUT2D eigenvalue weighted by molar-refractivity contribution is 5.54. The maximum Gasteiger partial charge on any atom is 0.274 e. The van der Waals surface area contributed by atoms with Crippen molar-refractivity contribution in [3.05, 3.63) is 34.1 Å². The van der Waals surface area contributed by atoms with Gasteiger partial charge in [0.1, 0.15) is 5.82 Å². The van der Waals surface area contributed by atoms with E-state index >= 15 is 0 Å². The Morgan fingerprint density at radius 3 is 2.37 bits per heavy atom. The summed E-state index contributed by atoms with van der Waals surface area (Å²) in [6, 6.07) is 4.40. The van der Waals surface area contributed by atoms with Crippen molar-refractivity contribution in [3.63, 3.8) is 0 Å². The molecule has 1 aromatic rings. The molecule has 0 aromatic heterocycles. The first-order valence-electron chi connectivity index (χ1n) is 6.30. The lowest BCUT2D eigenvalue weighted by atomic mass is 10.1. The van der Waals surface area contributed by atoms with Gasteiger partial charge in [0.2, 0.25) is 0 Å². The minimum Gasteiger partial charge on any atom is -0.368 e. The van der Waals surface area contributed by atoms with Gasteiger partial charge in [0, 0.05) is 36.9 Å². The van der Waals surface area contributed by atoms with Gasteiger partial charge in [-0.2, -0.15) is 0 Å². The van der Waals surface area contributed by atoms with Crippen LogP contribution < -0.4 is 4.90 Å². The summed E-state index contributed by atoms with van der Waals surface area (Å²) in [6.07, 6.45) is 0. The normalized spacial score (nSPS) is 24.5. The van der Waals surface area contributed by atoms with Crippen molar-refractivity contribution in [1.29, 1.82) is 0 Å². The number of anilines is 1. The molecule has 0 radical (unpaired) electrons. The molecule has 0 amide bonds. The lowest BCUT2D eigenvalue weighted by Crippen LogP contribution is -2.55. The van der Waals surface area contributed by atoms with Crippen molar-refractivity contribution in [1.82, 2.24) is 4.90 Å². The zero-order chi connectivity index (χ0) is 14.2. The highest BCUT2D eigenvalue weighted by Gasteiger charge is 2.27. The second kappa shape index (κ2) is 5.13. The molecule has 1 fully saturated rings. The van der Waals surface area contributed by atoms with Gasteiger partial charge in [-0.3, -0.25) is 15.0 Å². The minimum absolute atomic E-state index is 0.200. The van der Waals surface area contributed by atoms with Crippen LogP contribution >= 0.6 is 0 Å². The molecule has 1 heterocycles. The van der Waals surface area contributed by atoms with Crippen molar-refractivity contribution in [2.75, 3.05) is 25.0 Å². The number of nitro benzene ring substituents is 1. The number of nitro groups is 1. The number of likely N-dealkylation sites (N-methyl/N-ethyl adjacent to an activating group) is 1. The Morgan fingerprint density at radius 2 is 1.84 bits per heavy atom. The monoisotopic (exact) mass is 267 g/mol. The van der Waals surface area contributed by atoms with E-state index < -0.39 is 10.7 Å². The molecule has 1 saturated heterocycles. The molecule has 1 aromatic carbocycles. The molecule has 0 aliphatic carbocycles. The summed E-state index contributed by atoms with van der Waals surface area (Å²) >= 11 is 0. The van der Waals surface area contributed by atoms with E-state index in [-0.39, 0.29) is 5.69 Å². The van der Waals surface area contributed by atoms with Crippen molar-refractivity contribution < 1.29 is 9.31 Å². The second-order valence-corrected chi connectivity index (χ2v) is 5.19. The number of rotatable bonds is 2. The van der Waals surface area contributed by atoms with Gasteiger partial charge < -0.3 is 4.90 Å². The van der Waals surface area contributed by atoms with Crippen LogP contribution in [0.25, 0.3) is 0 Å². The Kier molecular flexibility index (Phi) is 3.71. The Bertz CT molecular complexity index is 483. The van der Waals surface area contributed by atoms with Crippen molar-refractivity contribution in [2.45, 2.75) is 25.9 Å². The summed E-state index contributed by atoms with van der Waals surface area (Å²) in [6.45, 7) is 5.66. The van der Waals surface area contributed by atoms with Gasteiger partial charge in [-0.05, 0) is 27.0 Å². The zero-order valence-electron chi connectivity index (χ0n) is 11.3. The van der Waals surface area contributed by atoms with E-state index in [1.807, 2.05) is 4.90 Å². The number of non-ortho nitro benzene ring substituents is 1. The van der Waals surface area contributed by atoms with Crippen LogP contribution in [0.5, 0.6) is 0 Å². The fourth-order valence-electron chi connectivity index (χ4n) is 2.46. The lowest BCUT2D eigenvalue weighted by molar-refractivity contribution is -0.385. The van der Waals surface area contributed by atoms with Gasteiger partial charge in [0.15, 0.2) is 0 Å². The minimum atomic E-state index is -0.566. The van der Waals surface area contributed by atoms with Gasteiger partial charge in [0.05, 0.1) is 11.0 Å². The molecule has 104 valence electrons. The highest BCUT2D eigenvalue weighted by Crippen LogP contribution is 2.26. The molecule has 1 aliphatic rings. The Balaban J connectivity index is 2.29. The van der Waals surface area contributed by atoms with Crippen LogP contribution in [0.4, 0.5) is 15.8 Å². The van der Waals surface area contributed by atoms with Gasteiger partial charge in [-0.1, -0.05) is 0 Å².